The third-order valence-corrected chi connectivity index (χ3v) is 4.00. The maximum absolute atomic E-state index is 12.2. The molecule has 0 aliphatic heterocycles. The van der Waals surface area contributed by atoms with Gasteiger partial charge in [0.15, 0.2) is 0 Å². The normalized spacial score (nSPS) is 15.5. The summed E-state index contributed by atoms with van der Waals surface area (Å²) in [6.07, 6.45) is 8.40. The van der Waals surface area contributed by atoms with Gasteiger partial charge < -0.3 is 9.73 Å². The van der Waals surface area contributed by atoms with Crippen LogP contribution in [0.4, 0.5) is 5.69 Å². The van der Waals surface area contributed by atoms with Crippen LogP contribution in [0.3, 0.4) is 0 Å². The van der Waals surface area contributed by atoms with E-state index in [9.17, 15) is 9.59 Å². The minimum atomic E-state index is -0.537. The second kappa shape index (κ2) is 6.56. The number of rotatable bonds is 3. The predicted molar refractivity (Wildman–Crippen MR) is 83.4 cm³/mol. The first-order valence-electron chi connectivity index (χ1n) is 7.59. The molecule has 0 bridgehead atoms. The Hall–Kier alpha value is -2.43. The second-order valence-corrected chi connectivity index (χ2v) is 5.57. The van der Waals surface area contributed by atoms with Crippen molar-refractivity contribution in [2.45, 2.75) is 32.1 Å². The van der Waals surface area contributed by atoms with Crippen LogP contribution in [0.25, 0.3) is 11.3 Å². The molecule has 22 heavy (non-hydrogen) atoms. The van der Waals surface area contributed by atoms with E-state index in [1.54, 1.807) is 30.6 Å². The molecule has 0 aromatic carbocycles. The van der Waals surface area contributed by atoms with Crippen LogP contribution in [0, 0.1) is 5.92 Å². The molecule has 5 nitrogen and oxygen atoms in total. The summed E-state index contributed by atoms with van der Waals surface area (Å²) in [5.41, 5.74) is 0.387. The number of anilines is 1. The van der Waals surface area contributed by atoms with E-state index in [2.05, 4.69) is 10.3 Å². The number of nitrogens with one attached hydrogen (secondary N) is 1. The van der Waals surface area contributed by atoms with E-state index in [4.69, 9.17) is 4.42 Å². The van der Waals surface area contributed by atoms with Gasteiger partial charge in [-0.15, -0.1) is 0 Å². The molecule has 5 heteroatoms. The quantitative estimate of drug-likeness (QED) is 0.944. The van der Waals surface area contributed by atoms with Crippen LogP contribution in [-0.2, 0) is 4.79 Å². The zero-order valence-electron chi connectivity index (χ0n) is 12.2. The van der Waals surface area contributed by atoms with Gasteiger partial charge in [0.25, 0.3) is 0 Å². The van der Waals surface area contributed by atoms with E-state index in [1.807, 2.05) is 6.07 Å². The highest BCUT2D eigenvalue weighted by atomic mass is 16.4. The van der Waals surface area contributed by atoms with Gasteiger partial charge >= 0.3 is 5.63 Å². The zero-order valence-corrected chi connectivity index (χ0v) is 12.2. The molecule has 2 heterocycles. The van der Waals surface area contributed by atoms with Gasteiger partial charge in [-0.3, -0.25) is 9.78 Å². The minimum Gasteiger partial charge on any atom is -0.421 e. The number of aromatic nitrogens is 1. The highest BCUT2D eigenvalue weighted by Crippen LogP contribution is 2.25. The summed E-state index contributed by atoms with van der Waals surface area (Å²) in [6.45, 7) is 0. The molecule has 1 aliphatic carbocycles. The van der Waals surface area contributed by atoms with Crippen molar-refractivity contribution in [2.75, 3.05) is 5.32 Å². The maximum atomic E-state index is 12.2. The molecule has 0 unspecified atom stereocenters. The number of carbonyl (C=O) groups excluding carboxylic acids is 1. The fourth-order valence-electron chi connectivity index (χ4n) is 2.77. The Morgan fingerprint density at radius 2 is 2.00 bits per heavy atom. The van der Waals surface area contributed by atoms with Gasteiger partial charge in [-0.25, -0.2) is 4.79 Å². The van der Waals surface area contributed by atoms with Crippen molar-refractivity contribution in [1.82, 2.24) is 4.98 Å². The van der Waals surface area contributed by atoms with Crippen LogP contribution in [0.5, 0.6) is 0 Å². The van der Waals surface area contributed by atoms with Gasteiger partial charge in [0.05, 0.1) is 0 Å². The van der Waals surface area contributed by atoms with Crippen LogP contribution in [0.15, 0.2) is 45.9 Å². The number of nitrogens with zero attached hydrogens (tertiary/aromatic N) is 1. The van der Waals surface area contributed by atoms with E-state index < -0.39 is 5.63 Å². The van der Waals surface area contributed by atoms with Crippen molar-refractivity contribution in [2.24, 2.45) is 5.92 Å². The summed E-state index contributed by atoms with van der Waals surface area (Å²) in [6, 6.07) is 6.85. The lowest BCUT2D eigenvalue weighted by Gasteiger charge is -2.20. The Kier molecular flexibility index (Phi) is 4.32. The van der Waals surface area contributed by atoms with E-state index in [0.29, 0.717) is 5.76 Å². The predicted octanol–water partition coefficient (Wildman–Crippen LogP) is 3.22. The fraction of sp³-hybridized carbons (Fsp3) is 0.353. The lowest BCUT2D eigenvalue weighted by molar-refractivity contribution is -0.120. The Labute approximate surface area is 128 Å². The average Bonchev–Trinajstić information content (AvgIpc) is 2.58. The maximum Gasteiger partial charge on any atom is 0.360 e. The Balaban J connectivity index is 1.75. The van der Waals surface area contributed by atoms with Crippen LogP contribution in [0.2, 0.25) is 0 Å². The van der Waals surface area contributed by atoms with Gasteiger partial charge in [-0.2, -0.15) is 0 Å². The number of carbonyl (C=O) groups is 1. The molecule has 3 rings (SSSR count). The average molecular weight is 298 g/mol. The number of amides is 1. The summed E-state index contributed by atoms with van der Waals surface area (Å²) in [5, 5.41) is 2.70. The first-order chi connectivity index (χ1) is 10.7. The SMILES string of the molecule is O=C(Nc1ccc(-c2cccnc2)oc1=O)C1CCCCC1. The van der Waals surface area contributed by atoms with Gasteiger partial charge in [0.2, 0.25) is 5.91 Å². The number of hydrogen-bond acceptors (Lipinski definition) is 4. The van der Waals surface area contributed by atoms with Crippen molar-refractivity contribution < 1.29 is 9.21 Å². The van der Waals surface area contributed by atoms with Crippen LogP contribution >= 0.6 is 0 Å². The summed E-state index contributed by atoms with van der Waals surface area (Å²) < 4.78 is 5.27. The van der Waals surface area contributed by atoms with Gasteiger partial charge in [0.1, 0.15) is 11.4 Å². The molecule has 2 aromatic rings. The molecule has 1 saturated carbocycles. The van der Waals surface area contributed by atoms with Crippen LogP contribution < -0.4 is 10.9 Å². The largest absolute Gasteiger partial charge is 0.421 e. The molecule has 0 saturated heterocycles. The van der Waals surface area contributed by atoms with Gasteiger partial charge in [-0.1, -0.05) is 19.3 Å². The molecule has 0 radical (unpaired) electrons. The van der Waals surface area contributed by atoms with Gasteiger partial charge in [0, 0.05) is 23.9 Å². The zero-order chi connectivity index (χ0) is 15.4. The minimum absolute atomic E-state index is 0.00569. The lowest BCUT2D eigenvalue weighted by Crippen LogP contribution is -2.27. The molecular weight excluding hydrogens is 280 g/mol. The molecule has 114 valence electrons. The standard InChI is InChI=1S/C17H18N2O3/c20-16(12-5-2-1-3-6-12)19-14-8-9-15(22-17(14)21)13-7-4-10-18-11-13/h4,7-12H,1-3,5-6H2,(H,19,20). The molecule has 1 N–H and O–H groups in total. The first kappa shape index (κ1) is 14.5. The summed E-state index contributed by atoms with van der Waals surface area (Å²) in [7, 11) is 0. The third-order valence-electron chi connectivity index (χ3n) is 4.00. The van der Waals surface area contributed by atoms with Crippen molar-refractivity contribution in [3.05, 3.63) is 47.1 Å². The smallest absolute Gasteiger partial charge is 0.360 e. The van der Waals surface area contributed by atoms with Crippen molar-refractivity contribution in [1.29, 1.82) is 0 Å². The highest BCUT2D eigenvalue weighted by molar-refractivity contribution is 5.92. The summed E-state index contributed by atoms with van der Waals surface area (Å²) >= 11 is 0. The fourth-order valence-corrected chi connectivity index (χ4v) is 2.77. The molecule has 1 amide bonds. The third kappa shape index (κ3) is 3.24. The van der Waals surface area contributed by atoms with Crippen molar-refractivity contribution >= 4 is 11.6 Å². The molecule has 1 aliphatic rings. The first-order valence-corrected chi connectivity index (χ1v) is 7.59. The number of pyridine rings is 1. The monoisotopic (exact) mass is 298 g/mol. The Morgan fingerprint density at radius 1 is 1.18 bits per heavy atom. The number of hydrogen-bond donors (Lipinski definition) is 1. The summed E-state index contributed by atoms with van der Waals surface area (Å²) in [5.74, 6) is 0.362. The molecule has 0 atom stereocenters. The van der Waals surface area contributed by atoms with E-state index in [0.717, 1.165) is 31.2 Å². The van der Waals surface area contributed by atoms with E-state index in [-0.39, 0.29) is 17.5 Å². The topological polar surface area (TPSA) is 72.2 Å². The van der Waals surface area contributed by atoms with E-state index in [1.165, 1.54) is 6.42 Å². The van der Waals surface area contributed by atoms with Crippen LogP contribution in [-0.4, -0.2) is 10.9 Å². The Bertz CT molecular complexity index is 703. The Morgan fingerprint density at radius 3 is 2.68 bits per heavy atom. The van der Waals surface area contributed by atoms with Crippen molar-refractivity contribution in [3.63, 3.8) is 0 Å². The molecule has 0 spiro atoms. The molecule has 2 aromatic heterocycles. The van der Waals surface area contributed by atoms with Gasteiger partial charge in [-0.05, 0) is 37.1 Å². The van der Waals surface area contributed by atoms with E-state index >= 15 is 0 Å². The molecular formula is C17H18N2O3. The molecule has 1 fully saturated rings. The van der Waals surface area contributed by atoms with Crippen molar-refractivity contribution in [3.8, 4) is 11.3 Å². The summed E-state index contributed by atoms with van der Waals surface area (Å²) in [4.78, 5) is 28.2. The lowest BCUT2D eigenvalue weighted by atomic mass is 9.88. The highest BCUT2D eigenvalue weighted by Gasteiger charge is 2.22. The van der Waals surface area contributed by atoms with Crippen LogP contribution in [0.1, 0.15) is 32.1 Å². The second-order valence-electron chi connectivity index (χ2n) is 5.57.